The molecule has 0 aliphatic carbocycles. The van der Waals surface area contributed by atoms with Gasteiger partial charge in [0, 0.05) is 5.56 Å². The summed E-state index contributed by atoms with van der Waals surface area (Å²) in [5.74, 6) is -1.09. The van der Waals surface area contributed by atoms with E-state index in [1.807, 2.05) is 26.0 Å². The van der Waals surface area contributed by atoms with E-state index < -0.39 is 18.0 Å². The SMILES string of the molecule is COc1ccc(C)cc1NC(=O)C(C)OC(=O)CNC(=O)c1cccc(C)c1. The smallest absolute Gasteiger partial charge is 0.326 e. The van der Waals surface area contributed by atoms with Crippen molar-refractivity contribution >= 4 is 23.5 Å². The third-order valence-electron chi connectivity index (χ3n) is 3.96. The maximum atomic E-state index is 12.3. The van der Waals surface area contributed by atoms with E-state index in [0.29, 0.717) is 17.0 Å². The van der Waals surface area contributed by atoms with Gasteiger partial charge in [-0.25, -0.2) is 0 Å². The number of nitrogens with one attached hydrogen (secondary N) is 2. The van der Waals surface area contributed by atoms with E-state index in [1.54, 1.807) is 30.3 Å². The molecule has 0 radical (unpaired) electrons. The maximum absolute atomic E-state index is 12.3. The lowest BCUT2D eigenvalue weighted by molar-refractivity contribution is -0.152. The van der Waals surface area contributed by atoms with Crippen molar-refractivity contribution in [3.8, 4) is 5.75 Å². The third kappa shape index (κ3) is 5.84. The van der Waals surface area contributed by atoms with E-state index in [9.17, 15) is 14.4 Å². The normalized spacial score (nSPS) is 11.3. The number of hydrogen-bond donors (Lipinski definition) is 2. The first-order chi connectivity index (χ1) is 13.3. The van der Waals surface area contributed by atoms with E-state index in [0.717, 1.165) is 11.1 Å². The van der Waals surface area contributed by atoms with Crippen LogP contribution in [0.15, 0.2) is 42.5 Å². The molecular weight excluding hydrogens is 360 g/mol. The first-order valence-electron chi connectivity index (χ1n) is 8.80. The van der Waals surface area contributed by atoms with Crippen LogP contribution < -0.4 is 15.4 Å². The van der Waals surface area contributed by atoms with Crippen molar-refractivity contribution in [2.24, 2.45) is 0 Å². The van der Waals surface area contributed by atoms with Crippen molar-refractivity contribution in [1.29, 1.82) is 0 Å². The van der Waals surface area contributed by atoms with E-state index in [4.69, 9.17) is 9.47 Å². The lowest BCUT2D eigenvalue weighted by Crippen LogP contribution is -2.35. The topological polar surface area (TPSA) is 93.7 Å². The van der Waals surface area contributed by atoms with Gasteiger partial charge >= 0.3 is 5.97 Å². The summed E-state index contributed by atoms with van der Waals surface area (Å²) < 4.78 is 10.3. The Hall–Kier alpha value is -3.35. The predicted octanol–water partition coefficient (Wildman–Crippen LogP) is 2.61. The molecule has 0 aliphatic rings. The van der Waals surface area contributed by atoms with Crippen molar-refractivity contribution in [3.05, 3.63) is 59.2 Å². The average Bonchev–Trinajstić information content (AvgIpc) is 2.66. The van der Waals surface area contributed by atoms with Gasteiger partial charge in [0.05, 0.1) is 12.8 Å². The Bertz CT molecular complexity index is 879. The van der Waals surface area contributed by atoms with Crippen LogP contribution in [0.3, 0.4) is 0 Å². The van der Waals surface area contributed by atoms with Crippen molar-refractivity contribution in [1.82, 2.24) is 5.32 Å². The molecule has 2 N–H and O–H groups in total. The van der Waals surface area contributed by atoms with Crippen LogP contribution in [-0.2, 0) is 14.3 Å². The Morgan fingerprint density at radius 2 is 1.75 bits per heavy atom. The molecule has 0 heterocycles. The highest BCUT2D eigenvalue weighted by Gasteiger charge is 2.20. The summed E-state index contributed by atoms with van der Waals surface area (Å²) in [4.78, 5) is 36.3. The molecule has 0 saturated heterocycles. The molecule has 0 aliphatic heterocycles. The molecule has 0 spiro atoms. The monoisotopic (exact) mass is 384 g/mol. The fourth-order valence-corrected chi connectivity index (χ4v) is 2.49. The van der Waals surface area contributed by atoms with Gasteiger partial charge < -0.3 is 20.1 Å². The molecule has 2 amide bonds. The lowest BCUT2D eigenvalue weighted by atomic mass is 10.1. The molecule has 2 aromatic carbocycles. The maximum Gasteiger partial charge on any atom is 0.326 e. The number of carbonyl (C=O) groups excluding carboxylic acids is 3. The number of amides is 2. The first-order valence-corrected chi connectivity index (χ1v) is 8.80. The van der Waals surface area contributed by atoms with Crippen LogP contribution in [0.25, 0.3) is 0 Å². The molecule has 0 saturated carbocycles. The Labute approximate surface area is 164 Å². The molecule has 2 rings (SSSR count). The molecule has 0 aromatic heterocycles. The number of carbonyl (C=O) groups is 3. The minimum atomic E-state index is -1.03. The van der Waals surface area contributed by atoms with E-state index in [1.165, 1.54) is 14.0 Å². The highest BCUT2D eigenvalue weighted by Crippen LogP contribution is 2.25. The van der Waals surface area contributed by atoms with Crippen molar-refractivity contribution in [2.75, 3.05) is 19.0 Å². The first kappa shape index (κ1) is 21.0. The minimum absolute atomic E-state index is 0.335. The van der Waals surface area contributed by atoms with Crippen molar-refractivity contribution in [3.63, 3.8) is 0 Å². The van der Waals surface area contributed by atoms with Gasteiger partial charge in [0.25, 0.3) is 11.8 Å². The molecular formula is C21H24N2O5. The average molecular weight is 384 g/mol. The van der Waals surface area contributed by atoms with Crippen molar-refractivity contribution in [2.45, 2.75) is 26.9 Å². The Morgan fingerprint density at radius 3 is 2.43 bits per heavy atom. The fraction of sp³-hybridized carbons (Fsp3) is 0.286. The van der Waals surface area contributed by atoms with Crippen LogP contribution in [0.2, 0.25) is 0 Å². The highest BCUT2D eigenvalue weighted by atomic mass is 16.5. The summed E-state index contributed by atoms with van der Waals surface area (Å²) in [7, 11) is 1.50. The summed E-state index contributed by atoms with van der Waals surface area (Å²) >= 11 is 0. The van der Waals surface area contributed by atoms with Gasteiger partial charge in [-0.15, -0.1) is 0 Å². The molecule has 7 heteroatoms. The summed E-state index contributed by atoms with van der Waals surface area (Å²) in [6.45, 7) is 4.88. The van der Waals surface area contributed by atoms with Crippen molar-refractivity contribution < 1.29 is 23.9 Å². The van der Waals surface area contributed by atoms with Gasteiger partial charge in [-0.2, -0.15) is 0 Å². The van der Waals surface area contributed by atoms with Gasteiger partial charge in [0.15, 0.2) is 6.10 Å². The quantitative estimate of drug-likeness (QED) is 0.716. The molecule has 148 valence electrons. The number of rotatable bonds is 7. The molecule has 7 nitrogen and oxygen atoms in total. The second kappa shape index (κ2) is 9.55. The summed E-state index contributed by atoms with van der Waals surface area (Å²) in [6, 6.07) is 12.3. The molecule has 1 atom stereocenters. The van der Waals surface area contributed by atoms with E-state index >= 15 is 0 Å². The van der Waals surface area contributed by atoms with Crippen LogP contribution in [0, 0.1) is 13.8 Å². The van der Waals surface area contributed by atoms with Crippen LogP contribution in [0.1, 0.15) is 28.4 Å². The van der Waals surface area contributed by atoms with Gasteiger partial charge in [0.2, 0.25) is 0 Å². The third-order valence-corrected chi connectivity index (χ3v) is 3.96. The van der Waals surface area contributed by atoms with Crippen LogP contribution >= 0.6 is 0 Å². The molecule has 1 unspecified atom stereocenters. The fourth-order valence-electron chi connectivity index (χ4n) is 2.49. The predicted molar refractivity (Wildman–Crippen MR) is 105 cm³/mol. The number of benzene rings is 2. The second-order valence-electron chi connectivity index (χ2n) is 6.38. The van der Waals surface area contributed by atoms with Gasteiger partial charge in [-0.3, -0.25) is 14.4 Å². The Morgan fingerprint density at radius 1 is 1.04 bits per heavy atom. The molecule has 0 fully saturated rings. The Balaban J connectivity index is 1.87. The number of hydrogen-bond acceptors (Lipinski definition) is 5. The van der Waals surface area contributed by atoms with E-state index in [2.05, 4.69) is 10.6 Å². The van der Waals surface area contributed by atoms with Crippen LogP contribution in [0.4, 0.5) is 5.69 Å². The lowest BCUT2D eigenvalue weighted by Gasteiger charge is -2.16. The largest absolute Gasteiger partial charge is 0.495 e. The minimum Gasteiger partial charge on any atom is -0.495 e. The molecule has 0 bridgehead atoms. The molecule has 2 aromatic rings. The number of ether oxygens (including phenoxy) is 2. The van der Waals surface area contributed by atoms with Gasteiger partial charge in [0.1, 0.15) is 12.3 Å². The standard InChI is InChI=1S/C21H24N2O5/c1-13-6-5-7-16(10-13)21(26)22-12-19(24)28-15(3)20(25)23-17-11-14(2)8-9-18(17)27-4/h5-11,15H,12H2,1-4H3,(H,22,26)(H,23,25). The number of anilines is 1. The zero-order valence-corrected chi connectivity index (χ0v) is 16.4. The Kier molecular flexibility index (Phi) is 7.14. The zero-order valence-electron chi connectivity index (χ0n) is 16.4. The van der Waals surface area contributed by atoms with Gasteiger partial charge in [-0.05, 0) is 50.6 Å². The summed E-state index contributed by atoms with van der Waals surface area (Å²) in [6.07, 6.45) is -1.03. The van der Waals surface area contributed by atoms with Gasteiger partial charge in [-0.1, -0.05) is 23.8 Å². The summed E-state index contributed by atoms with van der Waals surface area (Å²) in [5.41, 5.74) is 2.82. The second-order valence-corrected chi connectivity index (χ2v) is 6.38. The summed E-state index contributed by atoms with van der Waals surface area (Å²) in [5, 5.41) is 5.16. The molecule has 28 heavy (non-hydrogen) atoms. The number of methoxy groups -OCH3 is 1. The van der Waals surface area contributed by atoms with Crippen LogP contribution in [0.5, 0.6) is 5.75 Å². The highest BCUT2D eigenvalue weighted by molar-refractivity contribution is 5.98. The van der Waals surface area contributed by atoms with Crippen LogP contribution in [-0.4, -0.2) is 37.5 Å². The number of esters is 1. The zero-order chi connectivity index (χ0) is 20.7. The number of aryl methyl sites for hydroxylation is 2. The van der Waals surface area contributed by atoms with E-state index in [-0.39, 0.29) is 12.5 Å².